The lowest BCUT2D eigenvalue weighted by molar-refractivity contribution is -0.182. The number of thioether (sulfide) groups is 1. The maximum Gasteiger partial charge on any atom is 0.302 e. The first-order valence-electron chi connectivity index (χ1n) is 7.22. The predicted octanol–water partition coefficient (Wildman–Crippen LogP) is 2.19. The van der Waals surface area contributed by atoms with E-state index < -0.39 is 24.5 Å². The number of esters is 1. The number of amides is 1. The summed E-state index contributed by atoms with van der Waals surface area (Å²) in [5.74, 6) is -0.594. The molecule has 0 saturated carbocycles. The van der Waals surface area contributed by atoms with Gasteiger partial charge in [0, 0.05) is 25.9 Å². The lowest BCUT2D eigenvalue weighted by Crippen LogP contribution is -2.44. The van der Waals surface area contributed by atoms with E-state index in [0.717, 1.165) is 10.5 Å². The molecule has 0 spiro atoms. The molecule has 1 aromatic carbocycles. The number of methoxy groups -OCH3 is 1. The molecule has 1 aromatic rings. The number of rotatable bonds is 5. The molecule has 1 aliphatic heterocycles. The van der Waals surface area contributed by atoms with E-state index in [4.69, 9.17) is 14.2 Å². The average Bonchev–Trinajstić information content (AvgIpc) is 2.91. The van der Waals surface area contributed by atoms with Crippen molar-refractivity contribution in [3.8, 4) is 0 Å². The van der Waals surface area contributed by atoms with Crippen LogP contribution in [-0.2, 0) is 23.8 Å². The second kappa shape index (κ2) is 7.81. The number of carbonyl (C=O) groups is 2. The van der Waals surface area contributed by atoms with Crippen LogP contribution in [0.15, 0.2) is 29.2 Å². The Kier molecular flexibility index (Phi) is 6.04. The van der Waals surface area contributed by atoms with Gasteiger partial charge in [-0.25, -0.2) is 0 Å². The Labute approximate surface area is 140 Å². The van der Waals surface area contributed by atoms with Crippen LogP contribution < -0.4 is 0 Å². The largest absolute Gasteiger partial charge is 0.464 e. The minimum atomic E-state index is -0.793. The van der Waals surface area contributed by atoms with Crippen LogP contribution in [0.3, 0.4) is 0 Å². The topological polar surface area (TPSA) is 65.1 Å². The van der Waals surface area contributed by atoms with Crippen LogP contribution in [0.5, 0.6) is 0 Å². The molecule has 0 N–H and O–H groups in total. The quantitative estimate of drug-likeness (QED) is 0.605. The minimum Gasteiger partial charge on any atom is -0.464 e. The molecule has 1 unspecified atom stereocenters. The molecule has 3 atom stereocenters. The summed E-state index contributed by atoms with van der Waals surface area (Å²) in [4.78, 5) is 25.7. The SMILES string of the molecule is CO[C@H]1O[C@@H](c2ccc(SC)cc2)C(COC(C)=O)N1C(C)=O. The normalized spacial score (nSPS) is 23.8. The van der Waals surface area contributed by atoms with E-state index in [1.54, 1.807) is 11.8 Å². The summed E-state index contributed by atoms with van der Waals surface area (Å²) in [5.41, 5.74) is 0.908. The number of benzene rings is 1. The maximum absolute atomic E-state index is 12.0. The molecule has 1 aliphatic rings. The van der Waals surface area contributed by atoms with Gasteiger partial charge in [0.2, 0.25) is 12.3 Å². The van der Waals surface area contributed by atoms with Crippen LogP contribution in [0.25, 0.3) is 0 Å². The molecule has 7 heteroatoms. The van der Waals surface area contributed by atoms with Crippen LogP contribution >= 0.6 is 11.8 Å². The molecular weight excluding hydrogens is 318 g/mol. The second-order valence-corrected chi connectivity index (χ2v) is 6.05. The number of hydrogen-bond donors (Lipinski definition) is 0. The minimum absolute atomic E-state index is 0.0592. The first kappa shape index (κ1) is 17.8. The molecule has 23 heavy (non-hydrogen) atoms. The van der Waals surface area contributed by atoms with Gasteiger partial charge >= 0.3 is 5.97 Å². The molecular formula is C16H21NO5S. The fraction of sp³-hybridized carbons (Fsp3) is 0.500. The third-order valence-electron chi connectivity index (χ3n) is 3.66. The predicted molar refractivity (Wildman–Crippen MR) is 85.8 cm³/mol. The third kappa shape index (κ3) is 4.04. The summed E-state index contributed by atoms with van der Waals surface area (Å²) in [6, 6.07) is 7.46. The summed E-state index contributed by atoms with van der Waals surface area (Å²) < 4.78 is 16.3. The zero-order valence-corrected chi connectivity index (χ0v) is 14.5. The van der Waals surface area contributed by atoms with Gasteiger partial charge in [-0.05, 0) is 24.0 Å². The van der Waals surface area contributed by atoms with Crippen molar-refractivity contribution in [1.82, 2.24) is 4.90 Å². The molecule has 0 radical (unpaired) electrons. The number of ether oxygens (including phenoxy) is 3. The van der Waals surface area contributed by atoms with Gasteiger partial charge in [0.25, 0.3) is 0 Å². The molecule has 1 amide bonds. The van der Waals surface area contributed by atoms with Crippen molar-refractivity contribution in [2.45, 2.75) is 37.3 Å². The van der Waals surface area contributed by atoms with Crippen LogP contribution in [0.2, 0.25) is 0 Å². The molecule has 2 rings (SSSR count). The molecule has 0 bridgehead atoms. The van der Waals surface area contributed by atoms with Crippen molar-refractivity contribution in [2.75, 3.05) is 20.0 Å². The number of nitrogens with zero attached hydrogens (tertiary/aromatic N) is 1. The smallest absolute Gasteiger partial charge is 0.302 e. The van der Waals surface area contributed by atoms with Crippen molar-refractivity contribution >= 4 is 23.6 Å². The first-order chi connectivity index (χ1) is 11.0. The Hall–Kier alpha value is -1.57. The highest BCUT2D eigenvalue weighted by atomic mass is 32.2. The van der Waals surface area contributed by atoms with Gasteiger partial charge in [-0.2, -0.15) is 0 Å². The monoisotopic (exact) mass is 339 g/mol. The Morgan fingerprint density at radius 2 is 1.91 bits per heavy atom. The summed E-state index contributed by atoms with van der Waals surface area (Å²) in [7, 11) is 1.47. The zero-order valence-electron chi connectivity index (χ0n) is 13.6. The fourth-order valence-electron chi connectivity index (χ4n) is 2.60. The van der Waals surface area contributed by atoms with Crippen LogP contribution in [0.4, 0.5) is 0 Å². The highest BCUT2D eigenvalue weighted by Gasteiger charge is 2.45. The first-order valence-corrected chi connectivity index (χ1v) is 8.45. The maximum atomic E-state index is 12.0. The number of hydrogen-bond acceptors (Lipinski definition) is 6. The Bertz CT molecular complexity index is 562. The van der Waals surface area contributed by atoms with Crippen molar-refractivity contribution in [3.05, 3.63) is 29.8 Å². The van der Waals surface area contributed by atoms with E-state index in [-0.39, 0.29) is 12.5 Å². The van der Waals surface area contributed by atoms with Crippen molar-refractivity contribution < 1.29 is 23.8 Å². The van der Waals surface area contributed by atoms with Crippen LogP contribution in [0.1, 0.15) is 25.5 Å². The van der Waals surface area contributed by atoms with Crippen molar-refractivity contribution in [2.24, 2.45) is 0 Å². The Balaban J connectivity index is 2.29. The van der Waals surface area contributed by atoms with Gasteiger partial charge in [-0.1, -0.05) is 12.1 Å². The van der Waals surface area contributed by atoms with Crippen molar-refractivity contribution in [1.29, 1.82) is 0 Å². The van der Waals surface area contributed by atoms with E-state index in [0.29, 0.717) is 0 Å². The standard InChI is InChI=1S/C16H21NO5S/c1-10(18)17-14(9-21-11(2)19)15(22-16(17)20-3)12-5-7-13(23-4)8-6-12/h5-8,14-16H,9H2,1-4H3/t14?,15-,16-/m0/s1. The fourth-order valence-corrected chi connectivity index (χ4v) is 3.01. The van der Waals surface area contributed by atoms with Gasteiger partial charge < -0.3 is 14.2 Å². The summed E-state index contributed by atoms with van der Waals surface area (Å²) in [6.45, 7) is 2.84. The van der Waals surface area contributed by atoms with Gasteiger partial charge in [0.1, 0.15) is 18.8 Å². The van der Waals surface area contributed by atoms with E-state index >= 15 is 0 Å². The zero-order chi connectivity index (χ0) is 17.0. The Morgan fingerprint density at radius 3 is 2.39 bits per heavy atom. The van der Waals surface area contributed by atoms with E-state index in [1.807, 2.05) is 30.5 Å². The molecule has 1 fully saturated rings. The summed E-state index contributed by atoms with van der Waals surface area (Å²) >= 11 is 1.65. The van der Waals surface area contributed by atoms with E-state index in [2.05, 4.69) is 0 Å². The van der Waals surface area contributed by atoms with Gasteiger partial charge in [0.05, 0.1) is 0 Å². The molecule has 0 aromatic heterocycles. The summed E-state index contributed by atoms with van der Waals surface area (Å²) in [6.07, 6.45) is 0.792. The molecule has 1 heterocycles. The van der Waals surface area contributed by atoms with Gasteiger partial charge in [-0.15, -0.1) is 11.8 Å². The molecule has 1 saturated heterocycles. The lowest BCUT2D eigenvalue weighted by Gasteiger charge is -2.26. The molecule has 0 aliphatic carbocycles. The number of carbonyl (C=O) groups excluding carboxylic acids is 2. The Morgan fingerprint density at radius 1 is 1.26 bits per heavy atom. The van der Waals surface area contributed by atoms with Gasteiger partial charge in [-0.3, -0.25) is 14.5 Å². The van der Waals surface area contributed by atoms with E-state index in [9.17, 15) is 9.59 Å². The lowest BCUT2D eigenvalue weighted by atomic mass is 10.0. The molecule has 6 nitrogen and oxygen atoms in total. The highest BCUT2D eigenvalue weighted by molar-refractivity contribution is 7.98. The van der Waals surface area contributed by atoms with Crippen LogP contribution in [0, 0.1) is 0 Å². The highest BCUT2D eigenvalue weighted by Crippen LogP contribution is 2.36. The van der Waals surface area contributed by atoms with Crippen LogP contribution in [-0.4, -0.2) is 49.2 Å². The van der Waals surface area contributed by atoms with Crippen molar-refractivity contribution in [3.63, 3.8) is 0 Å². The third-order valence-corrected chi connectivity index (χ3v) is 4.41. The average molecular weight is 339 g/mol. The van der Waals surface area contributed by atoms with Gasteiger partial charge in [0.15, 0.2) is 0 Å². The molecule has 126 valence electrons. The summed E-state index contributed by atoms with van der Waals surface area (Å²) in [5, 5.41) is 0. The second-order valence-electron chi connectivity index (χ2n) is 5.17. The van der Waals surface area contributed by atoms with E-state index in [1.165, 1.54) is 25.9 Å².